The minimum Gasteiger partial charge on any atom is -0.497 e. The first-order valence-corrected chi connectivity index (χ1v) is 8.19. The average molecular weight is 386 g/mol. The van der Waals surface area contributed by atoms with Gasteiger partial charge in [-0.2, -0.15) is 0 Å². The fraction of sp³-hybridized carbons (Fsp3) is 0.105. The Balaban J connectivity index is 1.60. The van der Waals surface area contributed by atoms with E-state index in [4.69, 9.17) is 9.47 Å². The molecule has 0 atom stereocenters. The van der Waals surface area contributed by atoms with E-state index >= 15 is 0 Å². The number of nitrogens with one attached hydrogen (secondary N) is 1. The molecule has 122 valence electrons. The van der Waals surface area contributed by atoms with Crippen molar-refractivity contribution in [2.75, 3.05) is 19.0 Å². The second-order valence-electron chi connectivity index (χ2n) is 5.22. The van der Waals surface area contributed by atoms with E-state index in [2.05, 4.69) is 21.2 Å². The molecule has 4 nitrogen and oxygen atoms in total. The summed E-state index contributed by atoms with van der Waals surface area (Å²) in [6.07, 6.45) is 0. The molecule has 0 heterocycles. The Labute approximate surface area is 148 Å². The van der Waals surface area contributed by atoms with Crippen LogP contribution in [0.3, 0.4) is 0 Å². The Kier molecular flexibility index (Phi) is 5.01. The number of hydrogen-bond acceptors (Lipinski definition) is 3. The molecule has 0 aliphatic heterocycles. The number of rotatable bonds is 5. The van der Waals surface area contributed by atoms with Gasteiger partial charge in [-0.05, 0) is 59.3 Å². The fourth-order valence-electron chi connectivity index (χ4n) is 2.30. The number of carbonyl (C=O) groups is 1. The van der Waals surface area contributed by atoms with Crippen LogP contribution in [-0.2, 0) is 4.79 Å². The van der Waals surface area contributed by atoms with Crippen molar-refractivity contribution < 1.29 is 14.3 Å². The van der Waals surface area contributed by atoms with Gasteiger partial charge in [-0.1, -0.05) is 28.1 Å². The van der Waals surface area contributed by atoms with Crippen LogP contribution in [0.5, 0.6) is 11.5 Å². The van der Waals surface area contributed by atoms with Gasteiger partial charge in [0.1, 0.15) is 11.5 Å². The summed E-state index contributed by atoms with van der Waals surface area (Å²) < 4.78 is 11.7. The Bertz CT molecular complexity index is 862. The van der Waals surface area contributed by atoms with E-state index < -0.39 is 0 Å². The third-order valence-corrected chi connectivity index (χ3v) is 4.01. The van der Waals surface area contributed by atoms with Gasteiger partial charge in [0.25, 0.3) is 5.91 Å². The van der Waals surface area contributed by atoms with Crippen LogP contribution in [-0.4, -0.2) is 19.6 Å². The summed E-state index contributed by atoms with van der Waals surface area (Å²) in [5, 5.41) is 4.95. The molecule has 0 aliphatic carbocycles. The molecule has 3 aromatic carbocycles. The Hall–Kier alpha value is -2.53. The Morgan fingerprint density at radius 2 is 1.62 bits per heavy atom. The van der Waals surface area contributed by atoms with E-state index in [-0.39, 0.29) is 12.5 Å². The van der Waals surface area contributed by atoms with Crippen molar-refractivity contribution in [3.05, 3.63) is 65.1 Å². The molecule has 0 radical (unpaired) electrons. The largest absolute Gasteiger partial charge is 0.497 e. The van der Waals surface area contributed by atoms with E-state index in [1.807, 2.05) is 36.4 Å². The minimum atomic E-state index is -0.212. The van der Waals surface area contributed by atoms with E-state index in [9.17, 15) is 4.79 Å². The van der Waals surface area contributed by atoms with Gasteiger partial charge in [-0.15, -0.1) is 0 Å². The van der Waals surface area contributed by atoms with Crippen molar-refractivity contribution in [1.82, 2.24) is 0 Å². The molecular formula is C19H16BrNO3. The highest BCUT2D eigenvalue weighted by Crippen LogP contribution is 2.24. The number of carbonyl (C=O) groups excluding carboxylic acids is 1. The average Bonchev–Trinajstić information content (AvgIpc) is 2.60. The van der Waals surface area contributed by atoms with E-state index in [0.717, 1.165) is 21.0 Å². The first-order chi connectivity index (χ1) is 11.6. The fourth-order valence-corrected chi connectivity index (χ4v) is 2.68. The lowest BCUT2D eigenvalue weighted by molar-refractivity contribution is -0.118. The molecule has 0 aromatic heterocycles. The number of anilines is 1. The monoisotopic (exact) mass is 385 g/mol. The number of ether oxygens (including phenoxy) is 2. The van der Waals surface area contributed by atoms with Gasteiger partial charge in [-0.3, -0.25) is 4.79 Å². The number of amides is 1. The molecular weight excluding hydrogens is 370 g/mol. The molecule has 5 heteroatoms. The van der Waals surface area contributed by atoms with Gasteiger partial charge < -0.3 is 14.8 Å². The van der Waals surface area contributed by atoms with Crippen LogP contribution >= 0.6 is 15.9 Å². The van der Waals surface area contributed by atoms with Gasteiger partial charge in [-0.25, -0.2) is 0 Å². The SMILES string of the molecule is COc1ccc(NC(=O)COc2ccc3cc(Br)ccc3c2)cc1. The molecule has 3 aromatic rings. The lowest BCUT2D eigenvalue weighted by atomic mass is 10.1. The summed E-state index contributed by atoms with van der Waals surface area (Å²) in [7, 11) is 1.60. The molecule has 0 fully saturated rings. The first-order valence-electron chi connectivity index (χ1n) is 7.40. The number of benzene rings is 3. The van der Waals surface area contributed by atoms with Crippen LogP contribution in [0.2, 0.25) is 0 Å². The normalized spacial score (nSPS) is 10.4. The molecule has 0 saturated carbocycles. The van der Waals surface area contributed by atoms with E-state index in [1.54, 1.807) is 31.4 Å². The molecule has 0 bridgehead atoms. The first kappa shape index (κ1) is 16.3. The zero-order chi connectivity index (χ0) is 16.9. The summed E-state index contributed by atoms with van der Waals surface area (Å²) in [5.74, 6) is 1.19. The van der Waals surface area contributed by atoms with Crippen LogP contribution in [0.4, 0.5) is 5.69 Å². The lowest BCUT2D eigenvalue weighted by Crippen LogP contribution is -2.20. The van der Waals surface area contributed by atoms with Gasteiger partial charge in [0.15, 0.2) is 6.61 Å². The predicted octanol–water partition coefficient (Wildman–Crippen LogP) is 4.63. The number of fused-ring (bicyclic) bond motifs is 1. The second-order valence-corrected chi connectivity index (χ2v) is 6.13. The Morgan fingerprint density at radius 1 is 0.958 bits per heavy atom. The molecule has 0 saturated heterocycles. The highest BCUT2D eigenvalue weighted by Gasteiger charge is 2.05. The molecule has 24 heavy (non-hydrogen) atoms. The summed E-state index contributed by atoms with van der Waals surface area (Å²) in [6.45, 7) is -0.0476. The van der Waals surface area contributed by atoms with Crippen molar-refractivity contribution in [3.8, 4) is 11.5 Å². The van der Waals surface area contributed by atoms with Crippen LogP contribution in [0.15, 0.2) is 65.1 Å². The minimum absolute atomic E-state index is 0.0476. The van der Waals surface area contributed by atoms with Crippen LogP contribution in [0.25, 0.3) is 10.8 Å². The highest BCUT2D eigenvalue weighted by molar-refractivity contribution is 9.10. The maximum absolute atomic E-state index is 12.0. The summed E-state index contributed by atoms with van der Waals surface area (Å²) in [4.78, 5) is 12.0. The topological polar surface area (TPSA) is 47.6 Å². The molecule has 0 spiro atoms. The second kappa shape index (κ2) is 7.36. The number of hydrogen-bond donors (Lipinski definition) is 1. The maximum atomic E-state index is 12.0. The highest BCUT2D eigenvalue weighted by atomic mass is 79.9. The van der Waals surface area contributed by atoms with Gasteiger partial charge >= 0.3 is 0 Å². The summed E-state index contributed by atoms with van der Waals surface area (Å²) in [5.41, 5.74) is 0.702. The summed E-state index contributed by atoms with van der Waals surface area (Å²) >= 11 is 3.45. The lowest BCUT2D eigenvalue weighted by Gasteiger charge is -2.09. The molecule has 3 rings (SSSR count). The van der Waals surface area contributed by atoms with Gasteiger partial charge in [0, 0.05) is 10.2 Å². The third-order valence-electron chi connectivity index (χ3n) is 3.52. The molecule has 1 N–H and O–H groups in total. The smallest absolute Gasteiger partial charge is 0.262 e. The van der Waals surface area contributed by atoms with Crippen LogP contribution < -0.4 is 14.8 Å². The van der Waals surface area contributed by atoms with E-state index in [0.29, 0.717) is 11.4 Å². The summed E-state index contributed by atoms with van der Waals surface area (Å²) in [6, 6.07) is 18.9. The zero-order valence-corrected chi connectivity index (χ0v) is 14.7. The van der Waals surface area contributed by atoms with Crippen molar-refractivity contribution >= 4 is 38.3 Å². The standard InChI is InChI=1S/C19H16BrNO3/c1-23-17-8-5-16(6-9-17)21-19(22)12-24-18-7-3-13-10-15(20)4-2-14(13)11-18/h2-11H,12H2,1H3,(H,21,22). The van der Waals surface area contributed by atoms with E-state index in [1.165, 1.54) is 0 Å². The third kappa shape index (κ3) is 4.06. The van der Waals surface area contributed by atoms with Crippen molar-refractivity contribution in [2.24, 2.45) is 0 Å². The molecule has 1 amide bonds. The Morgan fingerprint density at radius 3 is 2.38 bits per heavy atom. The molecule has 0 unspecified atom stereocenters. The van der Waals surface area contributed by atoms with Crippen molar-refractivity contribution in [3.63, 3.8) is 0 Å². The van der Waals surface area contributed by atoms with Crippen LogP contribution in [0.1, 0.15) is 0 Å². The van der Waals surface area contributed by atoms with Crippen LogP contribution in [0, 0.1) is 0 Å². The van der Waals surface area contributed by atoms with Crippen molar-refractivity contribution in [2.45, 2.75) is 0 Å². The quantitative estimate of drug-likeness (QED) is 0.696. The van der Waals surface area contributed by atoms with Gasteiger partial charge in [0.05, 0.1) is 7.11 Å². The zero-order valence-electron chi connectivity index (χ0n) is 13.1. The number of methoxy groups -OCH3 is 1. The van der Waals surface area contributed by atoms with Gasteiger partial charge in [0.2, 0.25) is 0 Å². The predicted molar refractivity (Wildman–Crippen MR) is 98.8 cm³/mol. The van der Waals surface area contributed by atoms with Crippen molar-refractivity contribution in [1.29, 1.82) is 0 Å². The number of halogens is 1. The molecule has 0 aliphatic rings. The maximum Gasteiger partial charge on any atom is 0.262 e.